The number of hydrogen-bond acceptors (Lipinski definition) is 0. The lowest BCUT2D eigenvalue weighted by Crippen LogP contribution is -2.31. The molecule has 1 atom stereocenters. The highest BCUT2D eigenvalue weighted by atomic mass is 19.4. The summed E-state index contributed by atoms with van der Waals surface area (Å²) in [6.07, 6.45) is -14.3. The van der Waals surface area contributed by atoms with Crippen LogP contribution in [0.1, 0.15) is 6.42 Å². The van der Waals surface area contributed by atoms with Gasteiger partial charge in [0.15, 0.2) is 0 Å². The quantitative estimate of drug-likeness (QED) is 0.611. The molecule has 0 aromatic heterocycles. The van der Waals surface area contributed by atoms with Crippen molar-refractivity contribution in [1.29, 1.82) is 0 Å². The van der Waals surface area contributed by atoms with E-state index in [1.165, 1.54) is 0 Å². The van der Waals surface area contributed by atoms with Crippen LogP contribution in [0.15, 0.2) is 0 Å². The third-order valence-electron chi connectivity index (χ3n) is 1.16. The zero-order valence-corrected chi connectivity index (χ0v) is 5.58. The summed E-state index contributed by atoms with van der Waals surface area (Å²) in [6.45, 7) is 0. The van der Waals surface area contributed by atoms with Crippen molar-refractivity contribution in [2.45, 2.75) is 25.4 Å². The van der Waals surface area contributed by atoms with Crippen LogP contribution >= 0.6 is 0 Å². The van der Waals surface area contributed by atoms with Crippen molar-refractivity contribution in [3.63, 3.8) is 0 Å². The van der Waals surface area contributed by atoms with E-state index in [0.29, 0.717) is 0 Å². The first kappa shape index (κ1) is 11.5. The second-order valence-electron chi connectivity index (χ2n) is 2.11. The molecule has 12 heavy (non-hydrogen) atoms. The molecule has 1 unspecified atom stereocenters. The first-order valence-corrected chi connectivity index (χ1v) is 2.88. The largest absolute Gasteiger partial charge is 0.397 e. The Hall–Kier alpha value is -0.490. The molecule has 0 amide bonds. The van der Waals surface area contributed by atoms with Gasteiger partial charge in [-0.3, -0.25) is 0 Å². The maximum absolute atomic E-state index is 11.5. The average molecular weight is 198 g/mol. The van der Waals surface area contributed by atoms with Gasteiger partial charge in [0, 0.05) is 6.42 Å². The molecular weight excluding hydrogens is 193 g/mol. The van der Waals surface area contributed by atoms with Crippen LogP contribution in [0, 0.1) is 5.92 Å². The third kappa shape index (κ3) is 3.77. The molecule has 0 fully saturated rings. The van der Waals surface area contributed by atoms with E-state index < -0.39 is 31.4 Å². The van der Waals surface area contributed by atoms with Crippen LogP contribution in [-0.2, 0) is 0 Å². The van der Waals surface area contributed by atoms with Crippen molar-refractivity contribution in [2.75, 3.05) is 0 Å². The Morgan fingerprint density at radius 2 is 1.33 bits per heavy atom. The molecule has 0 aromatic carbocycles. The van der Waals surface area contributed by atoms with Gasteiger partial charge in [-0.05, 0) is 0 Å². The Morgan fingerprint density at radius 1 is 0.917 bits per heavy atom. The highest BCUT2D eigenvalue weighted by molar-refractivity contribution is 4.70. The Labute approximate surface area is 63.4 Å². The molecular formula is C5H5F7. The molecule has 7 heteroatoms. The first-order chi connectivity index (χ1) is 5.25. The molecule has 0 saturated heterocycles. The van der Waals surface area contributed by atoms with Gasteiger partial charge in [-0.1, -0.05) is 0 Å². The van der Waals surface area contributed by atoms with Crippen molar-refractivity contribution < 1.29 is 30.7 Å². The lowest BCUT2D eigenvalue weighted by molar-refractivity contribution is -0.215. The van der Waals surface area contributed by atoms with E-state index >= 15 is 0 Å². The average Bonchev–Trinajstić information content (AvgIpc) is 1.79. The van der Waals surface area contributed by atoms with Crippen molar-refractivity contribution in [3.8, 4) is 0 Å². The standard InChI is InChI=1S/C5H5F7/c6-3(7)1-2(4(8)9)5(10,11)12/h2-4H,1H2. The maximum Gasteiger partial charge on any atom is 0.397 e. The summed E-state index contributed by atoms with van der Waals surface area (Å²) in [5.74, 6) is -3.22. The minimum atomic E-state index is -5.26. The van der Waals surface area contributed by atoms with Crippen LogP contribution in [0.2, 0.25) is 0 Å². The van der Waals surface area contributed by atoms with Gasteiger partial charge in [-0.2, -0.15) is 13.2 Å². The molecule has 0 spiro atoms. The number of rotatable bonds is 3. The molecule has 0 aromatic rings. The zero-order chi connectivity index (χ0) is 9.94. The topological polar surface area (TPSA) is 0 Å². The summed E-state index contributed by atoms with van der Waals surface area (Å²) < 4.78 is 80.2. The van der Waals surface area contributed by atoms with Crippen LogP contribution in [0.3, 0.4) is 0 Å². The van der Waals surface area contributed by atoms with E-state index in [0.717, 1.165) is 0 Å². The van der Waals surface area contributed by atoms with Gasteiger partial charge in [-0.15, -0.1) is 0 Å². The van der Waals surface area contributed by atoms with Crippen molar-refractivity contribution >= 4 is 0 Å². The molecule has 0 nitrogen and oxygen atoms in total. The molecule has 0 heterocycles. The third-order valence-corrected chi connectivity index (χ3v) is 1.16. The molecule has 0 N–H and O–H groups in total. The van der Waals surface area contributed by atoms with Gasteiger partial charge in [-0.25, -0.2) is 17.6 Å². The lowest BCUT2D eigenvalue weighted by atomic mass is 10.1. The van der Waals surface area contributed by atoms with E-state index in [9.17, 15) is 30.7 Å². The predicted molar refractivity (Wildman–Crippen MR) is 26.2 cm³/mol. The van der Waals surface area contributed by atoms with Crippen molar-refractivity contribution in [1.82, 2.24) is 0 Å². The summed E-state index contributed by atoms with van der Waals surface area (Å²) in [5, 5.41) is 0. The fraction of sp³-hybridized carbons (Fsp3) is 1.00. The van der Waals surface area contributed by atoms with Gasteiger partial charge >= 0.3 is 6.18 Å². The molecule has 0 aliphatic rings. The van der Waals surface area contributed by atoms with Crippen molar-refractivity contribution in [2.24, 2.45) is 5.92 Å². The Bertz CT molecular complexity index is 126. The Balaban J connectivity index is 4.25. The summed E-state index contributed by atoms with van der Waals surface area (Å²) in [4.78, 5) is 0. The second kappa shape index (κ2) is 3.95. The SMILES string of the molecule is FC(F)CC(C(F)F)C(F)(F)F. The number of halogens is 7. The molecule has 0 bridgehead atoms. The summed E-state index contributed by atoms with van der Waals surface area (Å²) in [7, 11) is 0. The molecule has 74 valence electrons. The maximum atomic E-state index is 11.5. The van der Waals surface area contributed by atoms with E-state index in [4.69, 9.17) is 0 Å². The van der Waals surface area contributed by atoms with Gasteiger partial charge in [0.05, 0.1) is 0 Å². The minimum Gasteiger partial charge on any atom is -0.211 e. The van der Waals surface area contributed by atoms with Gasteiger partial charge in [0.1, 0.15) is 5.92 Å². The summed E-state index contributed by atoms with van der Waals surface area (Å²) in [6, 6.07) is 0. The highest BCUT2D eigenvalue weighted by Crippen LogP contribution is 2.35. The van der Waals surface area contributed by atoms with E-state index in [1.807, 2.05) is 0 Å². The van der Waals surface area contributed by atoms with E-state index in [-0.39, 0.29) is 0 Å². The highest BCUT2D eigenvalue weighted by Gasteiger charge is 2.47. The van der Waals surface area contributed by atoms with Gasteiger partial charge in [0.2, 0.25) is 12.9 Å². The lowest BCUT2D eigenvalue weighted by Gasteiger charge is -2.18. The molecule has 0 aliphatic carbocycles. The van der Waals surface area contributed by atoms with Gasteiger partial charge < -0.3 is 0 Å². The molecule has 0 rings (SSSR count). The molecule has 0 saturated carbocycles. The predicted octanol–water partition coefficient (Wildman–Crippen LogP) is 3.09. The Kier molecular flexibility index (Phi) is 3.79. The van der Waals surface area contributed by atoms with Crippen LogP contribution in [0.4, 0.5) is 30.7 Å². The molecule has 0 aliphatic heterocycles. The van der Waals surface area contributed by atoms with E-state index in [1.54, 1.807) is 0 Å². The first-order valence-electron chi connectivity index (χ1n) is 2.88. The van der Waals surface area contributed by atoms with Crippen LogP contribution in [0.5, 0.6) is 0 Å². The summed E-state index contributed by atoms with van der Waals surface area (Å²) >= 11 is 0. The smallest absolute Gasteiger partial charge is 0.211 e. The monoisotopic (exact) mass is 198 g/mol. The Morgan fingerprint density at radius 3 is 1.42 bits per heavy atom. The molecule has 0 radical (unpaired) electrons. The zero-order valence-electron chi connectivity index (χ0n) is 5.58. The van der Waals surface area contributed by atoms with Crippen LogP contribution in [0.25, 0.3) is 0 Å². The summed E-state index contributed by atoms with van der Waals surface area (Å²) in [5.41, 5.74) is 0. The second-order valence-corrected chi connectivity index (χ2v) is 2.11. The minimum absolute atomic E-state index is 1.85. The van der Waals surface area contributed by atoms with Gasteiger partial charge in [0.25, 0.3) is 0 Å². The number of hydrogen-bond donors (Lipinski definition) is 0. The normalized spacial score (nSPS) is 15.8. The van der Waals surface area contributed by atoms with Crippen molar-refractivity contribution in [3.05, 3.63) is 0 Å². The fourth-order valence-electron chi connectivity index (χ4n) is 0.571. The number of alkyl halides is 7. The van der Waals surface area contributed by atoms with Crippen LogP contribution < -0.4 is 0 Å². The van der Waals surface area contributed by atoms with E-state index in [2.05, 4.69) is 0 Å². The fourth-order valence-corrected chi connectivity index (χ4v) is 0.571. The van der Waals surface area contributed by atoms with Crippen LogP contribution in [-0.4, -0.2) is 19.0 Å².